The van der Waals surface area contributed by atoms with Crippen LogP contribution in [0, 0.1) is 6.92 Å². The highest BCUT2D eigenvalue weighted by Crippen LogP contribution is 2.18. The van der Waals surface area contributed by atoms with Crippen LogP contribution in [0.15, 0.2) is 46.2 Å². The molecule has 0 unspecified atom stereocenters. The largest absolute Gasteiger partial charge is 0.503 e. The summed E-state index contributed by atoms with van der Waals surface area (Å²) in [6, 6.07) is 7.44. The monoisotopic (exact) mass is 365 g/mol. The normalized spacial score (nSPS) is 15.6. The number of rotatable bonds is 5. The number of aryl methyl sites for hydroxylation is 2. The Kier molecular flexibility index (Phi) is 4.94. The summed E-state index contributed by atoms with van der Waals surface area (Å²) in [6.07, 6.45) is 1.80. The second-order valence-electron chi connectivity index (χ2n) is 5.86. The molecule has 0 amide bonds. The molecule has 1 fully saturated rings. The van der Waals surface area contributed by atoms with Gasteiger partial charge in [0.2, 0.25) is 0 Å². The summed E-state index contributed by atoms with van der Waals surface area (Å²) in [5.74, 6) is -0.610. The SMILES string of the molecule is Cc1ccc(S(=O)(=O)n2cc(CCC3OCCO3)cc(O)c2=O)cc1. The summed E-state index contributed by atoms with van der Waals surface area (Å²) >= 11 is 0. The Labute approximate surface area is 145 Å². The molecule has 1 aliphatic heterocycles. The van der Waals surface area contributed by atoms with Crippen LogP contribution in [0.4, 0.5) is 0 Å². The first-order valence-electron chi connectivity index (χ1n) is 7.88. The highest BCUT2D eigenvalue weighted by atomic mass is 32.2. The van der Waals surface area contributed by atoms with Crippen LogP contribution in [0.25, 0.3) is 0 Å². The highest BCUT2D eigenvalue weighted by molar-refractivity contribution is 7.90. The standard InChI is InChI=1S/C17H19NO6S/c1-12-2-5-14(6-3-12)25(21,22)18-11-13(10-15(19)17(18)20)4-7-16-23-8-9-24-16/h2-3,5-6,10-11,16,19H,4,7-9H2,1H3. The van der Waals surface area contributed by atoms with E-state index in [1.165, 1.54) is 24.4 Å². The summed E-state index contributed by atoms with van der Waals surface area (Å²) in [5, 5.41) is 9.87. The number of hydrogen-bond acceptors (Lipinski definition) is 6. The molecule has 8 heteroatoms. The molecule has 2 aromatic rings. The van der Waals surface area contributed by atoms with Crippen molar-refractivity contribution in [3.63, 3.8) is 0 Å². The molecule has 0 radical (unpaired) electrons. The Hall–Kier alpha value is -2.16. The molecule has 3 rings (SSSR count). The molecule has 1 aliphatic rings. The fourth-order valence-corrected chi connectivity index (χ4v) is 3.89. The van der Waals surface area contributed by atoms with E-state index >= 15 is 0 Å². The molecule has 7 nitrogen and oxygen atoms in total. The van der Waals surface area contributed by atoms with Gasteiger partial charge in [0.05, 0.1) is 18.1 Å². The first-order chi connectivity index (χ1) is 11.9. The molecular weight excluding hydrogens is 346 g/mol. The Bertz CT molecular complexity index is 911. The average molecular weight is 365 g/mol. The van der Waals surface area contributed by atoms with Gasteiger partial charge >= 0.3 is 5.56 Å². The molecule has 1 N–H and O–H groups in total. The average Bonchev–Trinajstić information content (AvgIpc) is 3.09. The van der Waals surface area contributed by atoms with Crippen molar-refractivity contribution in [1.82, 2.24) is 3.97 Å². The summed E-state index contributed by atoms with van der Waals surface area (Å²) in [4.78, 5) is 12.1. The Morgan fingerprint density at radius 3 is 2.48 bits per heavy atom. The fraction of sp³-hybridized carbons (Fsp3) is 0.353. The van der Waals surface area contributed by atoms with Crippen molar-refractivity contribution in [2.24, 2.45) is 0 Å². The van der Waals surface area contributed by atoms with Crippen molar-refractivity contribution in [1.29, 1.82) is 0 Å². The van der Waals surface area contributed by atoms with E-state index in [1.54, 1.807) is 12.1 Å². The zero-order valence-corrected chi connectivity index (χ0v) is 14.5. The van der Waals surface area contributed by atoms with Crippen LogP contribution in [0.3, 0.4) is 0 Å². The van der Waals surface area contributed by atoms with Crippen LogP contribution < -0.4 is 5.56 Å². The van der Waals surface area contributed by atoms with Crippen LogP contribution in [0.5, 0.6) is 5.75 Å². The number of aromatic hydroxyl groups is 1. The van der Waals surface area contributed by atoms with Gasteiger partial charge in [0.1, 0.15) is 0 Å². The lowest BCUT2D eigenvalue weighted by molar-refractivity contribution is -0.0462. The predicted molar refractivity (Wildman–Crippen MR) is 90.1 cm³/mol. The van der Waals surface area contributed by atoms with Crippen molar-refractivity contribution in [3.8, 4) is 5.75 Å². The quantitative estimate of drug-likeness (QED) is 0.861. The Morgan fingerprint density at radius 1 is 1.20 bits per heavy atom. The molecule has 134 valence electrons. The maximum Gasteiger partial charge on any atom is 0.306 e. The van der Waals surface area contributed by atoms with Crippen molar-refractivity contribution < 1.29 is 23.0 Å². The first-order valence-corrected chi connectivity index (χ1v) is 9.32. The lowest BCUT2D eigenvalue weighted by Gasteiger charge is -2.12. The van der Waals surface area contributed by atoms with Crippen LogP contribution in [-0.4, -0.2) is 37.0 Å². The van der Waals surface area contributed by atoms with Gasteiger partial charge in [-0.25, -0.2) is 12.4 Å². The molecule has 0 bridgehead atoms. The number of nitrogens with zero attached hydrogens (tertiary/aromatic N) is 1. The third kappa shape index (κ3) is 3.76. The maximum absolute atomic E-state index is 12.7. The number of pyridine rings is 1. The second-order valence-corrected chi connectivity index (χ2v) is 7.68. The van der Waals surface area contributed by atoms with E-state index in [1.807, 2.05) is 6.92 Å². The van der Waals surface area contributed by atoms with Crippen molar-refractivity contribution >= 4 is 10.0 Å². The summed E-state index contributed by atoms with van der Waals surface area (Å²) in [7, 11) is -4.09. The second kappa shape index (κ2) is 6.99. The molecule has 0 aliphatic carbocycles. The molecule has 25 heavy (non-hydrogen) atoms. The van der Waals surface area contributed by atoms with E-state index in [9.17, 15) is 18.3 Å². The minimum absolute atomic E-state index is 0.0146. The third-order valence-corrected chi connectivity index (χ3v) is 5.62. The van der Waals surface area contributed by atoms with E-state index in [-0.39, 0.29) is 11.2 Å². The van der Waals surface area contributed by atoms with Crippen molar-refractivity contribution in [3.05, 3.63) is 58.0 Å². The molecule has 0 atom stereocenters. The summed E-state index contributed by atoms with van der Waals surface area (Å²) in [6.45, 7) is 2.89. The van der Waals surface area contributed by atoms with E-state index in [4.69, 9.17) is 9.47 Å². The molecule has 0 spiro atoms. The molecule has 2 heterocycles. The van der Waals surface area contributed by atoms with E-state index in [0.717, 1.165) is 5.56 Å². The molecule has 1 aromatic carbocycles. The lowest BCUT2D eigenvalue weighted by Crippen LogP contribution is -2.27. The van der Waals surface area contributed by atoms with Crippen molar-refractivity contribution in [2.75, 3.05) is 13.2 Å². The van der Waals surface area contributed by atoms with Crippen LogP contribution in [0.1, 0.15) is 17.5 Å². The van der Waals surface area contributed by atoms with Gasteiger partial charge in [-0.3, -0.25) is 4.79 Å². The molecular formula is C17H19NO6S. The van der Waals surface area contributed by atoms with Gasteiger partial charge in [-0.2, -0.15) is 0 Å². The topological polar surface area (TPSA) is 94.8 Å². The van der Waals surface area contributed by atoms with Gasteiger partial charge in [0.15, 0.2) is 12.0 Å². The Morgan fingerprint density at radius 2 is 1.84 bits per heavy atom. The van der Waals surface area contributed by atoms with E-state index < -0.39 is 21.3 Å². The van der Waals surface area contributed by atoms with Gasteiger partial charge in [-0.15, -0.1) is 0 Å². The van der Waals surface area contributed by atoms with Gasteiger partial charge < -0.3 is 14.6 Å². The molecule has 1 saturated heterocycles. The third-order valence-electron chi connectivity index (χ3n) is 3.96. The zero-order chi connectivity index (χ0) is 18.0. The maximum atomic E-state index is 12.7. The number of ether oxygens (including phenoxy) is 2. The van der Waals surface area contributed by atoms with Crippen LogP contribution in [0.2, 0.25) is 0 Å². The zero-order valence-electron chi connectivity index (χ0n) is 13.7. The minimum Gasteiger partial charge on any atom is -0.503 e. The minimum atomic E-state index is -4.09. The van der Waals surface area contributed by atoms with E-state index in [0.29, 0.717) is 35.6 Å². The van der Waals surface area contributed by atoms with Gasteiger partial charge in [0.25, 0.3) is 10.0 Å². The number of aromatic nitrogens is 1. The molecule has 1 aromatic heterocycles. The van der Waals surface area contributed by atoms with Gasteiger partial charge in [-0.05, 0) is 37.1 Å². The highest BCUT2D eigenvalue weighted by Gasteiger charge is 2.22. The van der Waals surface area contributed by atoms with E-state index in [2.05, 4.69) is 0 Å². The van der Waals surface area contributed by atoms with Crippen LogP contribution >= 0.6 is 0 Å². The predicted octanol–water partition coefficient (Wildman–Crippen LogP) is 1.40. The first kappa shape index (κ1) is 17.7. The van der Waals surface area contributed by atoms with Gasteiger partial charge in [0, 0.05) is 12.6 Å². The Balaban J connectivity index is 1.94. The van der Waals surface area contributed by atoms with Crippen LogP contribution in [-0.2, 0) is 25.9 Å². The number of hydrogen-bond donors (Lipinski definition) is 1. The summed E-state index contributed by atoms with van der Waals surface area (Å²) < 4.78 is 36.7. The van der Waals surface area contributed by atoms with Gasteiger partial charge in [-0.1, -0.05) is 17.7 Å². The van der Waals surface area contributed by atoms with Crippen molar-refractivity contribution in [2.45, 2.75) is 31.0 Å². The smallest absolute Gasteiger partial charge is 0.306 e. The summed E-state index contributed by atoms with van der Waals surface area (Å²) in [5.41, 5.74) is 0.434. The fourth-order valence-electron chi connectivity index (χ4n) is 2.59. The molecule has 0 saturated carbocycles. The lowest BCUT2D eigenvalue weighted by atomic mass is 10.1. The number of benzene rings is 1.